The summed E-state index contributed by atoms with van der Waals surface area (Å²) in [5, 5.41) is 9.01. The van der Waals surface area contributed by atoms with Crippen LogP contribution in [0.2, 0.25) is 0 Å². The van der Waals surface area contributed by atoms with Crippen LogP contribution >= 0.6 is 0 Å². The van der Waals surface area contributed by atoms with Crippen molar-refractivity contribution in [1.29, 1.82) is 0 Å². The normalized spacial score (nSPS) is 24.4. The van der Waals surface area contributed by atoms with Gasteiger partial charge in [-0.15, -0.1) is 5.92 Å². The summed E-state index contributed by atoms with van der Waals surface area (Å²) in [5.41, 5.74) is 0. The zero-order valence-electron chi connectivity index (χ0n) is 11.3. The van der Waals surface area contributed by atoms with E-state index in [1.165, 1.54) is 38.5 Å². The molecular weight excluding hydrogens is 208 g/mol. The van der Waals surface area contributed by atoms with Crippen molar-refractivity contribution in [3.8, 4) is 11.8 Å². The van der Waals surface area contributed by atoms with E-state index in [-0.39, 0.29) is 0 Å². The molecule has 0 aromatic rings. The number of hydrogen-bond donors (Lipinski definition) is 1. The van der Waals surface area contributed by atoms with Crippen LogP contribution in [0.1, 0.15) is 58.8 Å². The molecule has 1 rings (SSSR count). The highest BCUT2D eigenvalue weighted by Gasteiger charge is 2.34. The second-order valence-corrected chi connectivity index (χ2v) is 5.15. The summed E-state index contributed by atoms with van der Waals surface area (Å²) >= 11 is 0. The highest BCUT2D eigenvalue weighted by atomic mass is 16.3. The van der Waals surface area contributed by atoms with Crippen molar-refractivity contribution in [1.82, 2.24) is 0 Å². The summed E-state index contributed by atoms with van der Waals surface area (Å²) in [6, 6.07) is 0. The van der Waals surface area contributed by atoms with E-state index in [0.717, 1.165) is 18.3 Å². The van der Waals surface area contributed by atoms with Crippen LogP contribution < -0.4 is 0 Å². The molecule has 96 valence electrons. The van der Waals surface area contributed by atoms with Crippen LogP contribution in [0.25, 0.3) is 0 Å². The van der Waals surface area contributed by atoms with E-state index in [1.54, 1.807) is 6.92 Å². The Labute approximate surface area is 106 Å². The summed E-state index contributed by atoms with van der Waals surface area (Å²) < 4.78 is 0. The number of allylic oxidation sites excluding steroid dienone is 2. The molecule has 0 radical (unpaired) electrons. The molecule has 1 nitrogen and oxygen atoms in total. The lowest BCUT2D eigenvalue weighted by Gasteiger charge is -1.94. The van der Waals surface area contributed by atoms with Crippen LogP contribution in [-0.4, -0.2) is 11.2 Å². The van der Waals surface area contributed by atoms with Crippen LogP contribution in [0.15, 0.2) is 12.2 Å². The highest BCUT2D eigenvalue weighted by Crippen LogP contribution is 2.44. The summed E-state index contributed by atoms with van der Waals surface area (Å²) in [7, 11) is 0. The predicted octanol–water partition coefficient (Wildman–Crippen LogP) is 3.92. The molecule has 0 saturated heterocycles. The molecule has 0 heterocycles. The minimum Gasteiger partial charge on any atom is -0.381 e. The topological polar surface area (TPSA) is 20.2 Å². The average Bonchev–Trinajstić information content (AvgIpc) is 3.01. The maximum atomic E-state index is 9.01. The SMILES string of the molecule is CCCC/C=C\CC[C@@H]1C[C@@H]1CC#C[C@H](C)O. The van der Waals surface area contributed by atoms with Crippen molar-refractivity contribution >= 4 is 0 Å². The number of aliphatic hydroxyl groups is 1. The average molecular weight is 234 g/mol. The quantitative estimate of drug-likeness (QED) is 0.402. The number of rotatable bonds is 7. The van der Waals surface area contributed by atoms with Gasteiger partial charge in [-0.25, -0.2) is 0 Å². The molecule has 1 N–H and O–H groups in total. The van der Waals surface area contributed by atoms with E-state index in [1.807, 2.05) is 0 Å². The molecule has 1 heteroatoms. The van der Waals surface area contributed by atoms with Gasteiger partial charge in [-0.1, -0.05) is 37.8 Å². The number of aliphatic hydroxyl groups excluding tert-OH is 1. The van der Waals surface area contributed by atoms with Crippen molar-refractivity contribution < 1.29 is 5.11 Å². The number of hydrogen-bond acceptors (Lipinski definition) is 1. The van der Waals surface area contributed by atoms with Crippen LogP contribution in [0.4, 0.5) is 0 Å². The zero-order chi connectivity index (χ0) is 12.5. The van der Waals surface area contributed by atoms with Gasteiger partial charge >= 0.3 is 0 Å². The first-order chi connectivity index (χ1) is 8.24. The van der Waals surface area contributed by atoms with Crippen molar-refractivity contribution in [2.75, 3.05) is 0 Å². The Hall–Kier alpha value is -0.740. The molecule has 3 atom stereocenters. The van der Waals surface area contributed by atoms with Gasteiger partial charge in [-0.3, -0.25) is 0 Å². The molecule has 0 aliphatic heterocycles. The molecule has 0 aromatic heterocycles. The Morgan fingerprint density at radius 1 is 1.29 bits per heavy atom. The van der Waals surface area contributed by atoms with Gasteiger partial charge in [0, 0.05) is 6.42 Å². The van der Waals surface area contributed by atoms with Gasteiger partial charge in [0.1, 0.15) is 6.10 Å². The lowest BCUT2D eigenvalue weighted by Crippen LogP contribution is -1.92. The molecule has 0 amide bonds. The predicted molar refractivity (Wildman–Crippen MR) is 73.6 cm³/mol. The fourth-order valence-corrected chi connectivity index (χ4v) is 2.12. The van der Waals surface area contributed by atoms with E-state index in [2.05, 4.69) is 30.9 Å². The summed E-state index contributed by atoms with van der Waals surface area (Å²) in [5.74, 6) is 7.60. The highest BCUT2D eigenvalue weighted by molar-refractivity contribution is 5.07. The Bertz CT molecular complexity index is 280. The second kappa shape index (κ2) is 8.37. The minimum absolute atomic E-state index is 0.464. The van der Waals surface area contributed by atoms with E-state index in [0.29, 0.717) is 0 Å². The van der Waals surface area contributed by atoms with Crippen LogP contribution in [0, 0.1) is 23.7 Å². The van der Waals surface area contributed by atoms with Gasteiger partial charge in [0.15, 0.2) is 0 Å². The zero-order valence-corrected chi connectivity index (χ0v) is 11.3. The smallest absolute Gasteiger partial charge is 0.111 e. The molecule has 17 heavy (non-hydrogen) atoms. The molecule has 0 bridgehead atoms. The summed E-state index contributed by atoms with van der Waals surface area (Å²) in [4.78, 5) is 0. The molecule has 1 saturated carbocycles. The monoisotopic (exact) mass is 234 g/mol. The van der Waals surface area contributed by atoms with Crippen molar-refractivity contribution in [2.24, 2.45) is 11.8 Å². The molecule has 1 aliphatic carbocycles. The fourth-order valence-electron chi connectivity index (χ4n) is 2.12. The standard InChI is InChI=1S/C16H26O/c1-3-4-5-6-7-8-11-15-13-16(15)12-9-10-14(2)17/h6-7,14-17H,3-5,8,11-13H2,1-2H3/b7-6-/t14-,15+,16-/m0/s1. The summed E-state index contributed by atoms with van der Waals surface area (Å²) in [6.45, 7) is 3.95. The maximum absolute atomic E-state index is 9.01. The molecule has 0 aromatic carbocycles. The van der Waals surface area contributed by atoms with Crippen LogP contribution in [-0.2, 0) is 0 Å². The van der Waals surface area contributed by atoms with Gasteiger partial charge in [0.05, 0.1) is 0 Å². The van der Waals surface area contributed by atoms with Gasteiger partial charge in [0.2, 0.25) is 0 Å². The summed E-state index contributed by atoms with van der Waals surface area (Å²) in [6.07, 6.45) is 12.9. The molecule has 0 unspecified atom stereocenters. The fraction of sp³-hybridized carbons (Fsp3) is 0.750. The van der Waals surface area contributed by atoms with Crippen LogP contribution in [0.5, 0.6) is 0 Å². The first-order valence-electron chi connectivity index (χ1n) is 7.05. The minimum atomic E-state index is -0.464. The van der Waals surface area contributed by atoms with E-state index < -0.39 is 6.10 Å². The van der Waals surface area contributed by atoms with E-state index in [4.69, 9.17) is 5.11 Å². The number of unbranched alkanes of at least 4 members (excludes halogenated alkanes) is 2. The van der Waals surface area contributed by atoms with Crippen molar-refractivity contribution in [3.63, 3.8) is 0 Å². The van der Waals surface area contributed by atoms with Crippen molar-refractivity contribution in [2.45, 2.75) is 64.9 Å². The van der Waals surface area contributed by atoms with Crippen LogP contribution in [0.3, 0.4) is 0 Å². The Kier molecular flexibility index (Phi) is 7.05. The van der Waals surface area contributed by atoms with E-state index in [9.17, 15) is 0 Å². The van der Waals surface area contributed by atoms with Gasteiger partial charge < -0.3 is 5.11 Å². The van der Waals surface area contributed by atoms with E-state index >= 15 is 0 Å². The first-order valence-corrected chi connectivity index (χ1v) is 7.05. The largest absolute Gasteiger partial charge is 0.381 e. The third kappa shape index (κ3) is 7.23. The maximum Gasteiger partial charge on any atom is 0.111 e. The third-order valence-corrected chi connectivity index (χ3v) is 3.34. The van der Waals surface area contributed by atoms with Gasteiger partial charge in [-0.05, 0) is 44.4 Å². The molecule has 0 spiro atoms. The first kappa shape index (κ1) is 14.3. The third-order valence-electron chi connectivity index (χ3n) is 3.34. The Balaban J connectivity index is 1.98. The Morgan fingerprint density at radius 3 is 2.76 bits per heavy atom. The molecule has 1 aliphatic rings. The van der Waals surface area contributed by atoms with Gasteiger partial charge in [0.25, 0.3) is 0 Å². The molecular formula is C16H26O. The Morgan fingerprint density at radius 2 is 2.06 bits per heavy atom. The van der Waals surface area contributed by atoms with Gasteiger partial charge in [-0.2, -0.15) is 0 Å². The molecule has 1 fully saturated rings. The lowest BCUT2D eigenvalue weighted by atomic mass is 10.1. The second-order valence-electron chi connectivity index (χ2n) is 5.15. The lowest BCUT2D eigenvalue weighted by molar-refractivity contribution is 0.253. The van der Waals surface area contributed by atoms with Crippen molar-refractivity contribution in [3.05, 3.63) is 12.2 Å².